The van der Waals surface area contributed by atoms with Gasteiger partial charge in [-0.2, -0.15) is 24.5 Å². The Balaban J connectivity index is 2.10. The van der Waals surface area contributed by atoms with E-state index in [9.17, 15) is 13.2 Å². The number of nitrogens with zero attached hydrogens (tertiary/aromatic N) is 1. The van der Waals surface area contributed by atoms with Crippen LogP contribution in [0.3, 0.4) is 0 Å². The molecule has 0 aliphatic carbocycles. The monoisotopic (exact) mass is 349 g/mol. The highest BCUT2D eigenvalue weighted by Gasteiger charge is 2.30. The standard InChI is InChI=1S/C18H14F3NOS/c1-2-23-15-9-16(22-17(10-15)13-6-7-24-11-13)12-4-3-5-14(8-12)18(19,20)21/h3-11H,2H2,1H3. The molecule has 24 heavy (non-hydrogen) atoms. The minimum absolute atomic E-state index is 0.405. The SMILES string of the molecule is CCOc1cc(-c2ccsc2)nc(-c2cccc(C(F)(F)F)c2)c1. The van der Waals surface area contributed by atoms with E-state index in [1.54, 1.807) is 18.2 Å². The zero-order valence-corrected chi connectivity index (χ0v) is 13.6. The van der Waals surface area contributed by atoms with E-state index in [4.69, 9.17) is 4.74 Å². The molecule has 0 atom stereocenters. The van der Waals surface area contributed by atoms with Gasteiger partial charge in [0.1, 0.15) is 5.75 Å². The van der Waals surface area contributed by atoms with Crippen LogP contribution in [0.5, 0.6) is 5.75 Å². The van der Waals surface area contributed by atoms with Gasteiger partial charge in [0.2, 0.25) is 0 Å². The molecule has 0 N–H and O–H groups in total. The second kappa shape index (κ2) is 6.65. The Labute approximate surface area is 141 Å². The number of alkyl halides is 3. The third-order valence-electron chi connectivity index (χ3n) is 3.41. The first-order chi connectivity index (χ1) is 11.5. The minimum atomic E-state index is -4.39. The molecule has 0 unspecified atom stereocenters. The lowest BCUT2D eigenvalue weighted by Gasteiger charge is -2.11. The third-order valence-corrected chi connectivity index (χ3v) is 4.10. The lowest BCUT2D eigenvalue weighted by atomic mass is 10.1. The highest BCUT2D eigenvalue weighted by atomic mass is 32.1. The summed E-state index contributed by atoms with van der Waals surface area (Å²) < 4.78 is 44.4. The molecular formula is C18H14F3NOS. The van der Waals surface area contributed by atoms with Gasteiger partial charge >= 0.3 is 6.18 Å². The van der Waals surface area contributed by atoms with E-state index in [2.05, 4.69) is 4.98 Å². The molecule has 0 aliphatic heterocycles. The number of rotatable bonds is 4. The normalized spacial score (nSPS) is 11.5. The Kier molecular flexibility index (Phi) is 4.57. The van der Waals surface area contributed by atoms with E-state index >= 15 is 0 Å². The summed E-state index contributed by atoms with van der Waals surface area (Å²) in [4.78, 5) is 4.51. The molecule has 1 aromatic carbocycles. The third kappa shape index (κ3) is 3.59. The van der Waals surface area contributed by atoms with Crippen molar-refractivity contribution in [2.75, 3.05) is 6.61 Å². The van der Waals surface area contributed by atoms with E-state index in [-0.39, 0.29) is 0 Å². The molecular weight excluding hydrogens is 335 g/mol. The topological polar surface area (TPSA) is 22.1 Å². The molecule has 0 bridgehead atoms. The molecule has 6 heteroatoms. The van der Waals surface area contributed by atoms with Crippen LogP contribution in [0.15, 0.2) is 53.2 Å². The number of aromatic nitrogens is 1. The van der Waals surface area contributed by atoms with Crippen LogP contribution in [0.4, 0.5) is 13.2 Å². The Morgan fingerprint density at radius 3 is 2.42 bits per heavy atom. The first-order valence-electron chi connectivity index (χ1n) is 7.32. The molecule has 0 fully saturated rings. The molecule has 0 amide bonds. The van der Waals surface area contributed by atoms with Crippen molar-refractivity contribution in [3.05, 3.63) is 58.8 Å². The van der Waals surface area contributed by atoms with Crippen LogP contribution >= 0.6 is 11.3 Å². The summed E-state index contributed by atoms with van der Waals surface area (Å²) in [6.45, 7) is 2.32. The molecule has 3 rings (SSSR count). The van der Waals surface area contributed by atoms with Crippen molar-refractivity contribution in [2.45, 2.75) is 13.1 Å². The summed E-state index contributed by atoms with van der Waals surface area (Å²) >= 11 is 1.53. The largest absolute Gasteiger partial charge is 0.494 e. The van der Waals surface area contributed by atoms with Crippen LogP contribution in [-0.4, -0.2) is 11.6 Å². The van der Waals surface area contributed by atoms with Crippen molar-refractivity contribution in [1.29, 1.82) is 0 Å². The quantitative estimate of drug-likeness (QED) is 0.585. The van der Waals surface area contributed by atoms with Crippen LogP contribution in [0.25, 0.3) is 22.5 Å². The molecule has 0 radical (unpaired) electrons. The minimum Gasteiger partial charge on any atom is -0.494 e. The fourth-order valence-electron chi connectivity index (χ4n) is 2.32. The first kappa shape index (κ1) is 16.5. The lowest BCUT2D eigenvalue weighted by Crippen LogP contribution is -2.04. The van der Waals surface area contributed by atoms with Gasteiger partial charge in [0.15, 0.2) is 0 Å². The number of hydrogen-bond donors (Lipinski definition) is 0. The lowest BCUT2D eigenvalue weighted by molar-refractivity contribution is -0.137. The van der Waals surface area contributed by atoms with Crippen molar-refractivity contribution >= 4 is 11.3 Å². The van der Waals surface area contributed by atoms with Crippen LogP contribution in [0.1, 0.15) is 12.5 Å². The average Bonchev–Trinajstić information content (AvgIpc) is 3.09. The summed E-state index contributed by atoms with van der Waals surface area (Å²) in [6, 6.07) is 10.5. The van der Waals surface area contributed by atoms with Gasteiger partial charge < -0.3 is 4.74 Å². The van der Waals surface area contributed by atoms with Crippen molar-refractivity contribution in [3.63, 3.8) is 0 Å². The highest BCUT2D eigenvalue weighted by Crippen LogP contribution is 2.34. The van der Waals surface area contributed by atoms with Crippen molar-refractivity contribution in [2.24, 2.45) is 0 Å². The fourth-order valence-corrected chi connectivity index (χ4v) is 2.97. The maximum Gasteiger partial charge on any atom is 0.416 e. The molecule has 0 aliphatic rings. The van der Waals surface area contributed by atoms with Gasteiger partial charge in [0.05, 0.1) is 23.6 Å². The number of hydrogen-bond acceptors (Lipinski definition) is 3. The van der Waals surface area contributed by atoms with Gasteiger partial charge in [-0.15, -0.1) is 0 Å². The molecule has 0 saturated heterocycles. The van der Waals surface area contributed by atoms with E-state index in [0.717, 1.165) is 17.7 Å². The molecule has 0 spiro atoms. The van der Waals surface area contributed by atoms with Gasteiger partial charge in [-0.1, -0.05) is 12.1 Å². The second-order valence-corrected chi connectivity index (χ2v) is 5.88. The number of thiophene rings is 1. The van der Waals surface area contributed by atoms with Gasteiger partial charge in [-0.05, 0) is 30.5 Å². The van der Waals surface area contributed by atoms with Crippen LogP contribution in [0, 0.1) is 0 Å². The Morgan fingerprint density at radius 2 is 1.79 bits per heavy atom. The summed E-state index contributed by atoms with van der Waals surface area (Å²) in [7, 11) is 0. The van der Waals surface area contributed by atoms with E-state index in [1.165, 1.54) is 17.4 Å². The van der Waals surface area contributed by atoms with Crippen LogP contribution < -0.4 is 4.74 Å². The Bertz CT molecular complexity index is 829. The predicted octanol–water partition coefficient (Wildman–Crippen LogP) is 5.89. The number of pyridine rings is 1. The van der Waals surface area contributed by atoms with E-state index in [1.807, 2.05) is 23.8 Å². The van der Waals surface area contributed by atoms with Gasteiger partial charge in [-0.25, -0.2) is 4.98 Å². The highest BCUT2D eigenvalue weighted by molar-refractivity contribution is 7.08. The molecule has 124 valence electrons. The van der Waals surface area contributed by atoms with Gasteiger partial charge in [0, 0.05) is 28.6 Å². The van der Waals surface area contributed by atoms with Crippen LogP contribution in [-0.2, 0) is 6.18 Å². The predicted molar refractivity (Wildman–Crippen MR) is 89.2 cm³/mol. The van der Waals surface area contributed by atoms with Crippen molar-refractivity contribution < 1.29 is 17.9 Å². The summed E-state index contributed by atoms with van der Waals surface area (Å²) in [5.41, 5.74) is 1.75. The van der Waals surface area contributed by atoms with E-state index in [0.29, 0.717) is 29.3 Å². The van der Waals surface area contributed by atoms with Crippen molar-refractivity contribution in [3.8, 4) is 28.3 Å². The summed E-state index contributed by atoms with van der Waals surface area (Å²) in [5, 5.41) is 3.86. The average molecular weight is 349 g/mol. The molecule has 2 heterocycles. The molecule has 3 aromatic rings. The fraction of sp³-hybridized carbons (Fsp3) is 0.167. The van der Waals surface area contributed by atoms with E-state index < -0.39 is 11.7 Å². The zero-order chi connectivity index (χ0) is 17.2. The number of halogens is 3. The zero-order valence-electron chi connectivity index (χ0n) is 12.8. The smallest absolute Gasteiger partial charge is 0.416 e. The van der Waals surface area contributed by atoms with Crippen molar-refractivity contribution in [1.82, 2.24) is 4.98 Å². The maximum atomic E-state index is 12.9. The van der Waals surface area contributed by atoms with Crippen LogP contribution in [0.2, 0.25) is 0 Å². The summed E-state index contributed by atoms with van der Waals surface area (Å²) in [6.07, 6.45) is -4.39. The Hall–Kier alpha value is -2.34. The molecule has 2 aromatic heterocycles. The number of benzene rings is 1. The summed E-state index contributed by atoms with van der Waals surface area (Å²) in [5.74, 6) is 0.584. The molecule has 2 nitrogen and oxygen atoms in total. The molecule has 0 saturated carbocycles. The van der Waals surface area contributed by atoms with Gasteiger partial charge in [0.25, 0.3) is 0 Å². The van der Waals surface area contributed by atoms with Gasteiger partial charge in [-0.3, -0.25) is 0 Å². The first-order valence-corrected chi connectivity index (χ1v) is 8.27. The maximum absolute atomic E-state index is 12.9. The second-order valence-electron chi connectivity index (χ2n) is 5.10. The Morgan fingerprint density at radius 1 is 1.04 bits per heavy atom. The number of ether oxygens (including phenoxy) is 1.